The number of pyridine rings is 1. The molecule has 0 aliphatic heterocycles. The molecule has 0 saturated heterocycles. The number of carbonyl (C=O) groups is 1. The Balaban J connectivity index is 1.51. The lowest BCUT2D eigenvalue weighted by molar-refractivity contribution is 0.102. The van der Waals surface area contributed by atoms with E-state index in [2.05, 4.69) is 26.2 Å². The van der Waals surface area contributed by atoms with Crippen molar-refractivity contribution in [2.75, 3.05) is 5.32 Å². The normalized spacial score (nSPS) is 10.9. The van der Waals surface area contributed by atoms with Crippen LogP contribution < -0.4 is 5.32 Å². The lowest BCUT2D eigenvalue weighted by atomic mass is 10.0. The van der Waals surface area contributed by atoms with E-state index >= 15 is 0 Å². The first-order valence-electron chi connectivity index (χ1n) is 9.76. The minimum atomic E-state index is -0.242. The average Bonchev–Trinajstić information content (AvgIpc) is 3.27. The Morgan fingerprint density at radius 1 is 0.906 bits per heavy atom. The number of benzene rings is 3. The Bertz CT molecular complexity index is 1450. The third kappa shape index (κ3) is 4.17. The molecule has 0 spiro atoms. The minimum Gasteiger partial charge on any atom is -0.298 e. The molecule has 0 bridgehead atoms. The molecule has 32 heavy (non-hydrogen) atoms. The number of carbonyl (C=O) groups excluding carboxylic acids is 1. The molecule has 0 aliphatic carbocycles. The zero-order chi connectivity index (χ0) is 22.1. The zero-order valence-electron chi connectivity index (χ0n) is 16.5. The number of fused-ring (bicyclic) bond motifs is 1. The SMILES string of the molecule is O=C(Nc1nc(-c2ccc(Br)cc2)cs1)c1cc(-c2ccccc2Cl)nc2ccccc12. The molecular formula is C25H15BrClN3OS. The summed E-state index contributed by atoms with van der Waals surface area (Å²) in [5.41, 5.74) is 4.47. The number of hydrogen-bond donors (Lipinski definition) is 1. The molecule has 0 saturated carbocycles. The second-order valence-corrected chi connectivity index (χ2v) is 9.23. The average molecular weight is 521 g/mol. The highest BCUT2D eigenvalue weighted by molar-refractivity contribution is 9.10. The van der Waals surface area contributed by atoms with Gasteiger partial charge in [-0.1, -0.05) is 76.1 Å². The second kappa shape index (κ2) is 8.82. The van der Waals surface area contributed by atoms with Crippen LogP contribution in [0.15, 0.2) is 88.7 Å². The summed E-state index contributed by atoms with van der Waals surface area (Å²) in [5, 5.41) is 6.76. The number of thiazole rings is 1. The maximum atomic E-state index is 13.3. The number of hydrogen-bond acceptors (Lipinski definition) is 4. The van der Waals surface area contributed by atoms with Crippen LogP contribution in [0.3, 0.4) is 0 Å². The van der Waals surface area contributed by atoms with Crippen molar-refractivity contribution < 1.29 is 4.79 Å². The summed E-state index contributed by atoms with van der Waals surface area (Å²) < 4.78 is 1.00. The molecule has 7 heteroatoms. The molecule has 1 amide bonds. The Morgan fingerprint density at radius 2 is 1.66 bits per heavy atom. The van der Waals surface area contributed by atoms with Crippen LogP contribution >= 0.6 is 38.9 Å². The van der Waals surface area contributed by atoms with Gasteiger partial charge in [0.15, 0.2) is 5.13 Å². The standard InChI is InChI=1S/C25H15BrClN3OS/c26-16-11-9-15(10-12-16)23-14-32-25(29-23)30-24(31)19-13-22(18-6-1-3-7-20(18)27)28-21-8-4-2-5-17(19)21/h1-14H,(H,29,30,31). The molecular weight excluding hydrogens is 506 g/mol. The second-order valence-electron chi connectivity index (χ2n) is 7.05. The number of rotatable bonds is 4. The van der Waals surface area contributed by atoms with Gasteiger partial charge >= 0.3 is 0 Å². The molecule has 0 aliphatic rings. The number of para-hydroxylation sites is 1. The highest BCUT2D eigenvalue weighted by Crippen LogP contribution is 2.31. The monoisotopic (exact) mass is 519 g/mol. The van der Waals surface area contributed by atoms with Crippen LogP contribution in [-0.4, -0.2) is 15.9 Å². The molecule has 0 radical (unpaired) electrons. The van der Waals surface area contributed by atoms with Crippen molar-refractivity contribution >= 4 is 60.8 Å². The summed E-state index contributed by atoms with van der Waals surface area (Å²) in [6, 6.07) is 24.7. The van der Waals surface area contributed by atoms with Gasteiger partial charge in [0.25, 0.3) is 5.91 Å². The van der Waals surface area contributed by atoms with Gasteiger partial charge in [-0.25, -0.2) is 9.97 Å². The van der Waals surface area contributed by atoms with Crippen LogP contribution in [0.5, 0.6) is 0 Å². The number of nitrogens with zero attached hydrogens (tertiary/aromatic N) is 2. The molecule has 5 rings (SSSR count). The number of anilines is 1. The van der Waals surface area contributed by atoms with E-state index in [4.69, 9.17) is 16.6 Å². The van der Waals surface area contributed by atoms with Crippen LogP contribution in [0.4, 0.5) is 5.13 Å². The highest BCUT2D eigenvalue weighted by Gasteiger charge is 2.16. The molecule has 0 fully saturated rings. The topological polar surface area (TPSA) is 54.9 Å². The number of amides is 1. The van der Waals surface area contributed by atoms with Crippen molar-refractivity contribution in [2.24, 2.45) is 0 Å². The van der Waals surface area contributed by atoms with Gasteiger partial charge in [-0.15, -0.1) is 11.3 Å². The van der Waals surface area contributed by atoms with Gasteiger partial charge in [0, 0.05) is 31.4 Å². The fourth-order valence-corrected chi connectivity index (χ4v) is 4.63. The first kappa shape index (κ1) is 20.8. The van der Waals surface area contributed by atoms with Gasteiger partial charge in [0.05, 0.1) is 22.5 Å². The van der Waals surface area contributed by atoms with Crippen LogP contribution in [0.1, 0.15) is 10.4 Å². The highest BCUT2D eigenvalue weighted by atomic mass is 79.9. The molecule has 4 nitrogen and oxygen atoms in total. The van der Waals surface area contributed by atoms with Gasteiger partial charge in [-0.3, -0.25) is 10.1 Å². The largest absolute Gasteiger partial charge is 0.298 e. The van der Waals surface area contributed by atoms with Crippen molar-refractivity contribution in [3.8, 4) is 22.5 Å². The number of nitrogens with one attached hydrogen (secondary N) is 1. The predicted molar refractivity (Wildman–Crippen MR) is 135 cm³/mol. The summed E-state index contributed by atoms with van der Waals surface area (Å²) in [4.78, 5) is 22.6. The predicted octanol–water partition coefficient (Wildman–Crippen LogP) is 7.69. The molecule has 3 aromatic carbocycles. The first-order chi connectivity index (χ1) is 15.6. The van der Waals surface area contributed by atoms with Crippen LogP contribution in [0, 0.1) is 0 Å². The van der Waals surface area contributed by atoms with Gasteiger partial charge in [0.2, 0.25) is 0 Å². The Kier molecular flexibility index (Phi) is 5.74. The van der Waals surface area contributed by atoms with Gasteiger partial charge in [0.1, 0.15) is 0 Å². The molecule has 2 heterocycles. The van der Waals surface area contributed by atoms with Crippen LogP contribution in [0.25, 0.3) is 33.4 Å². The van der Waals surface area contributed by atoms with Crippen molar-refractivity contribution in [3.05, 3.63) is 99.3 Å². The van der Waals surface area contributed by atoms with E-state index in [0.29, 0.717) is 21.4 Å². The summed E-state index contributed by atoms with van der Waals surface area (Å²) in [5.74, 6) is -0.242. The van der Waals surface area contributed by atoms with E-state index in [-0.39, 0.29) is 5.91 Å². The lowest BCUT2D eigenvalue weighted by Gasteiger charge is -2.10. The van der Waals surface area contributed by atoms with E-state index in [9.17, 15) is 4.79 Å². The summed E-state index contributed by atoms with van der Waals surface area (Å²) in [6.07, 6.45) is 0. The van der Waals surface area contributed by atoms with Gasteiger partial charge < -0.3 is 0 Å². The van der Waals surface area contributed by atoms with Crippen LogP contribution in [0.2, 0.25) is 5.02 Å². The van der Waals surface area contributed by atoms with E-state index < -0.39 is 0 Å². The maximum absolute atomic E-state index is 13.3. The molecule has 156 valence electrons. The quantitative estimate of drug-likeness (QED) is 0.264. The molecule has 5 aromatic rings. The van der Waals surface area contributed by atoms with E-state index in [1.807, 2.05) is 78.2 Å². The Morgan fingerprint density at radius 3 is 2.47 bits per heavy atom. The fraction of sp³-hybridized carbons (Fsp3) is 0. The summed E-state index contributed by atoms with van der Waals surface area (Å²) in [6.45, 7) is 0. The smallest absolute Gasteiger partial charge is 0.258 e. The summed E-state index contributed by atoms with van der Waals surface area (Å²) >= 11 is 11.2. The third-order valence-electron chi connectivity index (χ3n) is 4.98. The zero-order valence-corrected chi connectivity index (χ0v) is 19.7. The van der Waals surface area contributed by atoms with E-state index in [1.165, 1.54) is 11.3 Å². The minimum absolute atomic E-state index is 0.242. The van der Waals surface area contributed by atoms with Crippen molar-refractivity contribution in [2.45, 2.75) is 0 Å². The van der Waals surface area contributed by atoms with E-state index in [1.54, 1.807) is 6.07 Å². The molecule has 1 N–H and O–H groups in total. The van der Waals surface area contributed by atoms with E-state index in [0.717, 1.165) is 32.2 Å². The van der Waals surface area contributed by atoms with Gasteiger partial charge in [-0.05, 0) is 30.3 Å². The summed E-state index contributed by atoms with van der Waals surface area (Å²) in [7, 11) is 0. The fourth-order valence-electron chi connectivity index (χ4n) is 3.42. The third-order valence-corrected chi connectivity index (χ3v) is 6.59. The number of aromatic nitrogens is 2. The molecule has 0 atom stereocenters. The molecule has 2 aromatic heterocycles. The lowest BCUT2D eigenvalue weighted by Crippen LogP contribution is -2.13. The maximum Gasteiger partial charge on any atom is 0.258 e. The number of halogens is 2. The van der Waals surface area contributed by atoms with Gasteiger partial charge in [-0.2, -0.15) is 0 Å². The first-order valence-corrected chi connectivity index (χ1v) is 11.8. The molecule has 0 unspecified atom stereocenters. The van der Waals surface area contributed by atoms with Crippen molar-refractivity contribution in [3.63, 3.8) is 0 Å². The Labute approximate surface area is 202 Å². The van der Waals surface area contributed by atoms with Crippen LogP contribution in [-0.2, 0) is 0 Å². The van der Waals surface area contributed by atoms with Crippen molar-refractivity contribution in [1.82, 2.24) is 9.97 Å². The Hall–Kier alpha value is -3.06. The van der Waals surface area contributed by atoms with Crippen molar-refractivity contribution in [1.29, 1.82) is 0 Å².